The summed E-state index contributed by atoms with van der Waals surface area (Å²) in [5.41, 5.74) is 0.675. The first-order valence-electron chi connectivity index (χ1n) is 6.41. The summed E-state index contributed by atoms with van der Waals surface area (Å²) < 4.78 is 6.11. The van der Waals surface area contributed by atoms with Gasteiger partial charge in [0.2, 0.25) is 5.75 Å². The van der Waals surface area contributed by atoms with Gasteiger partial charge in [-0.25, -0.2) is 0 Å². The monoisotopic (exact) mass is 351 g/mol. The standard InChI is InChI=1S/C15H14BrNO4/c1-2-14(18)10-6-8-11(9-7-10)21-15-12(16)4-3-5-13(15)17(19)20/h3-9,14,18H,2H2,1H3/t14-/m1/s1. The molecule has 0 aliphatic carbocycles. The first kappa shape index (κ1) is 15.5. The van der Waals surface area contributed by atoms with Crippen LogP contribution in [0, 0.1) is 10.1 Å². The summed E-state index contributed by atoms with van der Waals surface area (Å²) in [6, 6.07) is 11.5. The van der Waals surface area contributed by atoms with E-state index < -0.39 is 11.0 Å². The Hall–Kier alpha value is -1.92. The molecule has 0 bridgehead atoms. The molecule has 6 heteroatoms. The average Bonchev–Trinajstić information content (AvgIpc) is 2.49. The second-order valence-corrected chi connectivity index (χ2v) is 5.29. The van der Waals surface area contributed by atoms with E-state index in [0.717, 1.165) is 5.56 Å². The molecule has 0 amide bonds. The number of nitro benzene ring substituents is 1. The fourth-order valence-corrected chi connectivity index (χ4v) is 2.29. The normalized spacial score (nSPS) is 12.0. The maximum Gasteiger partial charge on any atom is 0.312 e. The van der Waals surface area contributed by atoms with Gasteiger partial charge in [0.1, 0.15) is 5.75 Å². The number of nitrogens with zero attached hydrogens (tertiary/aromatic N) is 1. The number of benzene rings is 2. The number of aliphatic hydroxyl groups is 1. The van der Waals surface area contributed by atoms with Gasteiger partial charge >= 0.3 is 5.69 Å². The number of halogens is 1. The number of ether oxygens (including phenoxy) is 1. The van der Waals surface area contributed by atoms with Gasteiger partial charge in [0.25, 0.3) is 0 Å². The lowest BCUT2D eigenvalue weighted by molar-refractivity contribution is -0.385. The van der Waals surface area contributed by atoms with E-state index in [-0.39, 0.29) is 11.4 Å². The number of hydrogen-bond donors (Lipinski definition) is 1. The van der Waals surface area contributed by atoms with Gasteiger partial charge in [0.05, 0.1) is 15.5 Å². The Labute approximate surface area is 130 Å². The summed E-state index contributed by atoms with van der Waals surface area (Å²) in [6.07, 6.45) is 0.104. The summed E-state index contributed by atoms with van der Waals surface area (Å²) in [5.74, 6) is 0.628. The molecule has 110 valence electrons. The van der Waals surface area contributed by atoms with Crippen LogP contribution in [-0.2, 0) is 0 Å². The maximum atomic E-state index is 11.0. The van der Waals surface area contributed by atoms with E-state index in [9.17, 15) is 15.2 Å². The molecular formula is C15H14BrNO4. The highest BCUT2D eigenvalue weighted by Crippen LogP contribution is 2.38. The third-order valence-corrected chi connectivity index (χ3v) is 3.64. The zero-order valence-electron chi connectivity index (χ0n) is 11.3. The van der Waals surface area contributed by atoms with Crippen molar-refractivity contribution in [3.8, 4) is 11.5 Å². The van der Waals surface area contributed by atoms with E-state index in [0.29, 0.717) is 16.6 Å². The van der Waals surface area contributed by atoms with Gasteiger partial charge in [-0.05, 0) is 46.1 Å². The first-order valence-corrected chi connectivity index (χ1v) is 7.21. The second kappa shape index (κ2) is 6.69. The molecule has 0 aliphatic heterocycles. The van der Waals surface area contributed by atoms with Crippen molar-refractivity contribution in [1.82, 2.24) is 0 Å². The highest BCUT2D eigenvalue weighted by atomic mass is 79.9. The summed E-state index contributed by atoms with van der Waals surface area (Å²) in [7, 11) is 0. The van der Waals surface area contributed by atoms with Gasteiger partial charge in [-0.15, -0.1) is 0 Å². The van der Waals surface area contributed by atoms with Crippen molar-refractivity contribution in [2.24, 2.45) is 0 Å². The Kier molecular flexibility index (Phi) is 4.93. The van der Waals surface area contributed by atoms with Crippen LogP contribution in [0.2, 0.25) is 0 Å². The fourth-order valence-electron chi connectivity index (χ4n) is 1.85. The van der Waals surface area contributed by atoms with Crippen LogP contribution < -0.4 is 4.74 Å². The lowest BCUT2D eigenvalue weighted by atomic mass is 10.1. The van der Waals surface area contributed by atoms with E-state index in [4.69, 9.17) is 4.74 Å². The largest absolute Gasteiger partial charge is 0.449 e. The molecule has 5 nitrogen and oxygen atoms in total. The van der Waals surface area contributed by atoms with Crippen molar-refractivity contribution < 1.29 is 14.8 Å². The van der Waals surface area contributed by atoms with Gasteiger partial charge < -0.3 is 9.84 Å². The van der Waals surface area contributed by atoms with Crippen molar-refractivity contribution in [3.63, 3.8) is 0 Å². The molecule has 0 fully saturated rings. The van der Waals surface area contributed by atoms with Crippen LogP contribution in [0.1, 0.15) is 25.0 Å². The molecule has 2 aromatic carbocycles. The minimum Gasteiger partial charge on any atom is -0.449 e. The molecule has 0 unspecified atom stereocenters. The van der Waals surface area contributed by atoms with Crippen molar-refractivity contribution in [1.29, 1.82) is 0 Å². The Morgan fingerprint density at radius 3 is 2.52 bits per heavy atom. The predicted octanol–water partition coefficient (Wildman–Crippen LogP) is 4.59. The SMILES string of the molecule is CC[C@@H](O)c1ccc(Oc2c(Br)cccc2[N+](=O)[O-])cc1. The number of aliphatic hydroxyl groups excluding tert-OH is 1. The third kappa shape index (κ3) is 3.59. The van der Waals surface area contributed by atoms with E-state index >= 15 is 0 Å². The quantitative estimate of drug-likeness (QED) is 0.631. The Bertz CT molecular complexity index is 643. The van der Waals surface area contributed by atoms with Crippen LogP contribution in [0.5, 0.6) is 11.5 Å². The van der Waals surface area contributed by atoms with Crippen molar-refractivity contribution in [3.05, 3.63) is 62.6 Å². The second-order valence-electron chi connectivity index (χ2n) is 4.44. The highest BCUT2D eigenvalue weighted by Gasteiger charge is 2.18. The van der Waals surface area contributed by atoms with Crippen LogP contribution in [0.3, 0.4) is 0 Å². The van der Waals surface area contributed by atoms with Crippen molar-refractivity contribution in [2.75, 3.05) is 0 Å². The van der Waals surface area contributed by atoms with Crippen LogP contribution in [-0.4, -0.2) is 10.0 Å². The summed E-state index contributed by atoms with van der Waals surface area (Å²) in [4.78, 5) is 10.5. The minimum atomic E-state index is -0.517. The van der Waals surface area contributed by atoms with Crippen molar-refractivity contribution >= 4 is 21.6 Å². The van der Waals surface area contributed by atoms with Crippen LogP contribution in [0.25, 0.3) is 0 Å². The highest BCUT2D eigenvalue weighted by molar-refractivity contribution is 9.10. The van der Waals surface area contributed by atoms with Crippen LogP contribution >= 0.6 is 15.9 Å². The molecule has 21 heavy (non-hydrogen) atoms. The van der Waals surface area contributed by atoms with Crippen LogP contribution in [0.4, 0.5) is 5.69 Å². The molecule has 1 N–H and O–H groups in total. The van der Waals surface area contributed by atoms with E-state index in [2.05, 4.69) is 15.9 Å². The molecule has 0 saturated carbocycles. The molecule has 1 atom stereocenters. The number of nitro groups is 1. The summed E-state index contributed by atoms with van der Waals surface area (Å²) in [6.45, 7) is 1.89. The van der Waals surface area contributed by atoms with E-state index in [1.54, 1.807) is 36.4 Å². The molecular weight excluding hydrogens is 338 g/mol. The molecule has 0 heterocycles. The van der Waals surface area contributed by atoms with Gasteiger partial charge in [0.15, 0.2) is 0 Å². The summed E-state index contributed by atoms with van der Waals surface area (Å²) >= 11 is 3.25. The molecule has 2 rings (SSSR count). The molecule has 0 spiro atoms. The lowest BCUT2D eigenvalue weighted by Crippen LogP contribution is -1.96. The fraction of sp³-hybridized carbons (Fsp3) is 0.200. The maximum absolute atomic E-state index is 11.0. The number of rotatable bonds is 5. The number of hydrogen-bond acceptors (Lipinski definition) is 4. The molecule has 0 radical (unpaired) electrons. The molecule has 0 aromatic heterocycles. The molecule has 0 saturated heterocycles. The van der Waals surface area contributed by atoms with Crippen LogP contribution in [0.15, 0.2) is 46.9 Å². The van der Waals surface area contributed by atoms with E-state index in [1.165, 1.54) is 6.07 Å². The average molecular weight is 352 g/mol. The van der Waals surface area contributed by atoms with Gasteiger partial charge in [0, 0.05) is 6.07 Å². The van der Waals surface area contributed by atoms with Gasteiger partial charge in [-0.2, -0.15) is 0 Å². The Morgan fingerprint density at radius 1 is 1.29 bits per heavy atom. The zero-order chi connectivity index (χ0) is 15.4. The van der Waals surface area contributed by atoms with E-state index in [1.807, 2.05) is 6.92 Å². The van der Waals surface area contributed by atoms with Gasteiger partial charge in [-0.1, -0.05) is 25.1 Å². The van der Waals surface area contributed by atoms with Crippen molar-refractivity contribution in [2.45, 2.75) is 19.4 Å². The smallest absolute Gasteiger partial charge is 0.312 e. The molecule has 0 aliphatic rings. The zero-order valence-corrected chi connectivity index (χ0v) is 12.9. The third-order valence-electron chi connectivity index (χ3n) is 3.01. The lowest BCUT2D eigenvalue weighted by Gasteiger charge is -2.11. The summed E-state index contributed by atoms with van der Waals surface area (Å²) in [5, 5.41) is 20.8. The first-order chi connectivity index (χ1) is 10.0. The molecule has 2 aromatic rings. The van der Waals surface area contributed by atoms with Gasteiger partial charge in [-0.3, -0.25) is 10.1 Å². The Balaban J connectivity index is 2.28. The topological polar surface area (TPSA) is 72.6 Å². The number of para-hydroxylation sites is 1. The minimum absolute atomic E-state index is 0.109. The Morgan fingerprint density at radius 2 is 1.95 bits per heavy atom. The predicted molar refractivity (Wildman–Crippen MR) is 82.6 cm³/mol.